The van der Waals surface area contributed by atoms with E-state index in [1.807, 2.05) is 0 Å². The minimum Gasteiger partial charge on any atom is -0.445 e. The van der Waals surface area contributed by atoms with Gasteiger partial charge in [-0.15, -0.1) is 13.2 Å². The fourth-order valence-corrected chi connectivity index (χ4v) is 4.48. The summed E-state index contributed by atoms with van der Waals surface area (Å²) in [7, 11) is 0. The van der Waals surface area contributed by atoms with Gasteiger partial charge in [0.15, 0.2) is 5.75 Å². The highest BCUT2D eigenvalue weighted by atomic mass is 35.5. The number of hydrogen-bond acceptors (Lipinski definition) is 5. The SMILES string of the molecule is O=C(OC1Cc2nn(-c3ccccc3OC(F)(F)F)c(-c3ccc(Cl)cc3)c2C1)N1CCOCC1. The number of morpholine rings is 1. The zero-order valence-electron chi connectivity index (χ0n) is 18.4. The molecule has 0 N–H and O–H groups in total. The Hall–Kier alpha value is -3.24. The summed E-state index contributed by atoms with van der Waals surface area (Å²) in [5.74, 6) is -0.369. The number of halogens is 4. The Morgan fingerprint density at radius 3 is 2.49 bits per heavy atom. The number of aromatic nitrogens is 2. The van der Waals surface area contributed by atoms with Crippen LogP contribution in [0.5, 0.6) is 5.75 Å². The number of carbonyl (C=O) groups excluding carboxylic acids is 1. The van der Waals surface area contributed by atoms with Crippen molar-refractivity contribution < 1.29 is 32.2 Å². The Balaban J connectivity index is 1.49. The van der Waals surface area contributed by atoms with Crippen LogP contribution in [0.2, 0.25) is 5.02 Å². The van der Waals surface area contributed by atoms with Crippen LogP contribution in [0.1, 0.15) is 11.3 Å². The summed E-state index contributed by atoms with van der Waals surface area (Å²) in [6.45, 7) is 1.86. The summed E-state index contributed by atoms with van der Waals surface area (Å²) in [5, 5.41) is 5.15. The van der Waals surface area contributed by atoms with Crippen LogP contribution in [0.4, 0.5) is 18.0 Å². The van der Waals surface area contributed by atoms with Crippen molar-refractivity contribution >= 4 is 17.7 Å². The molecule has 3 aromatic rings. The smallest absolute Gasteiger partial charge is 0.445 e. The van der Waals surface area contributed by atoms with Gasteiger partial charge >= 0.3 is 12.5 Å². The Kier molecular flexibility index (Phi) is 6.33. The molecule has 2 heterocycles. The molecular formula is C24H21ClF3N3O4. The maximum Gasteiger partial charge on any atom is 0.573 e. The first-order chi connectivity index (χ1) is 16.8. The predicted octanol–water partition coefficient (Wildman–Crippen LogP) is 5.03. The molecule has 2 aliphatic rings. The van der Waals surface area contributed by atoms with Gasteiger partial charge in [-0.3, -0.25) is 0 Å². The zero-order chi connectivity index (χ0) is 24.6. The van der Waals surface area contributed by atoms with Gasteiger partial charge in [-0.2, -0.15) is 5.10 Å². The first kappa shape index (κ1) is 23.5. The first-order valence-electron chi connectivity index (χ1n) is 11.0. The normalized spacial score (nSPS) is 17.8. The van der Waals surface area contributed by atoms with Crippen molar-refractivity contribution in [1.82, 2.24) is 14.7 Å². The molecule has 1 saturated heterocycles. The number of amides is 1. The second kappa shape index (κ2) is 9.43. The van der Waals surface area contributed by atoms with Crippen LogP contribution in [0, 0.1) is 0 Å². The lowest BCUT2D eigenvalue weighted by Gasteiger charge is -2.27. The number of hydrogen-bond donors (Lipinski definition) is 0. The Morgan fingerprint density at radius 1 is 1.06 bits per heavy atom. The van der Waals surface area contributed by atoms with E-state index in [1.165, 1.54) is 22.9 Å². The van der Waals surface area contributed by atoms with Gasteiger partial charge in [0.25, 0.3) is 0 Å². The van der Waals surface area contributed by atoms with E-state index in [9.17, 15) is 18.0 Å². The van der Waals surface area contributed by atoms with E-state index in [4.69, 9.17) is 21.1 Å². The quantitative estimate of drug-likeness (QED) is 0.496. The third-order valence-corrected chi connectivity index (χ3v) is 6.15. The molecule has 35 heavy (non-hydrogen) atoms. The molecule has 5 rings (SSSR count). The lowest BCUT2D eigenvalue weighted by atomic mass is 10.1. The van der Waals surface area contributed by atoms with Crippen molar-refractivity contribution in [3.05, 3.63) is 64.8 Å². The summed E-state index contributed by atoms with van der Waals surface area (Å²) in [6, 6.07) is 12.8. The van der Waals surface area contributed by atoms with Crippen LogP contribution in [-0.2, 0) is 22.3 Å². The highest BCUT2D eigenvalue weighted by molar-refractivity contribution is 6.30. The summed E-state index contributed by atoms with van der Waals surface area (Å²) in [5.41, 5.74) is 2.90. The highest BCUT2D eigenvalue weighted by Gasteiger charge is 2.36. The van der Waals surface area contributed by atoms with Gasteiger partial charge in [0, 0.05) is 42.1 Å². The molecule has 7 nitrogen and oxygen atoms in total. The molecule has 1 aliphatic heterocycles. The maximum atomic E-state index is 13.1. The molecule has 1 unspecified atom stereocenters. The number of fused-ring (bicyclic) bond motifs is 1. The van der Waals surface area contributed by atoms with Crippen LogP contribution in [0.3, 0.4) is 0 Å². The van der Waals surface area contributed by atoms with E-state index in [-0.39, 0.29) is 11.4 Å². The summed E-state index contributed by atoms with van der Waals surface area (Å²) in [4.78, 5) is 14.2. The largest absolute Gasteiger partial charge is 0.573 e. The number of carbonyl (C=O) groups is 1. The van der Waals surface area contributed by atoms with Crippen LogP contribution in [0.15, 0.2) is 48.5 Å². The van der Waals surface area contributed by atoms with Gasteiger partial charge in [0.1, 0.15) is 11.8 Å². The van der Waals surface area contributed by atoms with E-state index in [0.29, 0.717) is 61.1 Å². The van der Waals surface area contributed by atoms with Crippen LogP contribution in [0.25, 0.3) is 16.9 Å². The van der Waals surface area contributed by atoms with E-state index < -0.39 is 18.6 Å². The summed E-state index contributed by atoms with van der Waals surface area (Å²) >= 11 is 6.06. The number of rotatable bonds is 4. The van der Waals surface area contributed by atoms with E-state index in [0.717, 1.165) is 5.56 Å². The molecule has 0 bridgehead atoms. The molecule has 1 aromatic heterocycles. The number of alkyl halides is 3. The second-order valence-corrected chi connectivity index (χ2v) is 8.66. The fraction of sp³-hybridized carbons (Fsp3) is 0.333. The molecule has 1 atom stereocenters. The van der Waals surface area contributed by atoms with Gasteiger partial charge < -0.3 is 19.1 Å². The third kappa shape index (κ3) is 5.08. The minimum absolute atomic E-state index is 0.144. The lowest BCUT2D eigenvalue weighted by Crippen LogP contribution is -2.42. The Bertz CT molecular complexity index is 1220. The van der Waals surface area contributed by atoms with Crippen molar-refractivity contribution in [1.29, 1.82) is 0 Å². The van der Waals surface area contributed by atoms with E-state index in [1.54, 1.807) is 35.2 Å². The molecule has 1 fully saturated rings. The van der Waals surface area contributed by atoms with Gasteiger partial charge in [-0.05, 0) is 24.3 Å². The Labute approximate surface area is 203 Å². The van der Waals surface area contributed by atoms with Crippen LogP contribution < -0.4 is 4.74 Å². The first-order valence-corrected chi connectivity index (χ1v) is 11.4. The molecule has 0 saturated carbocycles. The molecule has 184 valence electrons. The topological polar surface area (TPSA) is 65.8 Å². The van der Waals surface area contributed by atoms with Crippen LogP contribution >= 0.6 is 11.6 Å². The van der Waals surface area contributed by atoms with Crippen molar-refractivity contribution in [3.8, 4) is 22.7 Å². The average molecular weight is 508 g/mol. The van der Waals surface area contributed by atoms with Crippen molar-refractivity contribution in [2.75, 3.05) is 26.3 Å². The van der Waals surface area contributed by atoms with Gasteiger partial charge in [-0.25, -0.2) is 9.48 Å². The molecule has 2 aromatic carbocycles. The predicted molar refractivity (Wildman–Crippen MR) is 121 cm³/mol. The lowest BCUT2D eigenvalue weighted by molar-refractivity contribution is -0.274. The van der Waals surface area contributed by atoms with Crippen molar-refractivity contribution in [3.63, 3.8) is 0 Å². The third-order valence-electron chi connectivity index (χ3n) is 5.89. The van der Waals surface area contributed by atoms with E-state index in [2.05, 4.69) is 9.84 Å². The fourth-order valence-electron chi connectivity index (χ4n) is 4.36. The highest BCUT2D eigenvalue weighted by Crippen LogP contribution is 2.38. The standard InChI is InChI=1S/C24H21ClF3N3O4/c25-16-7-5-15(6-8-16)22-18-13-17(34-23(32)30-9-11-33-12-10-30)14-19(18)29-31(22)20-3-1-2-4-21(20)35-24(26,27)28/h1-8,17H,9-14H2. The number of para-hydroxylation sites is 2. The minimum atomic E-state index is -4.86. The average Bonchev–Trinajstić information content (AvgIpc) is 3.37. The summed E-state index contributed by atoms with van der Waals surface area (Å²) in [6.07, 6.45) is -4.96. The molecule has 0 spiro atoms. The monoisotopic (exact) mass is 507 g/mol. The van der Waals surface area contributed by atoms with E-state index >= 15 is 0 Å². The zero-order valence-corrected chi connectivity index (χ0v) is 19.2. The van der Waals surface area contributed by atoms with Gasteiger partial charge in [0.2, 0.25) is 0 Å². The van der Waals surface area contributed by atoms with Crippen molar-refractivity contribution in [2.45, 2.75) is 25.3 Å². The summed E-state index contributed by atoms with van der Waals surface area (Å²) < 4.78 is 55.9. The molecule has 1 amide bonds. The number of benzene rings is 2. The van der Waals surface area contributed by atoms with Gasteiger partial charge in [0.05, 0.1) is 24.6 Å². The number of ether oxygens (including phenoxy) is 3. The van der Waals surface area contributed by atoms with Crippen LogP contribution in [-0.4, -0.2) is 59.5 Å². The van der Waals surface area contributed by atoms with Crippen molar-refractivity contribution in [2.24, 2.45) is 0 Å². The molecule has 0 radical (unpaired) electrons. The van der Waals surface area contributed by atoms with Gasteiger partial charge in [-0.1, -0.05) is 35.9 Å². The molecule has 1 aliphatic carbocycles. The Morgan fingerprint density at radius 2 is 1.77 bits per heavy atom. The maximum absolute atomic E-state index is 13.1. The second-order valence-electron chi connectivity index (χ2n) is 8.22. The molecular weight excluding hydrogens is 487 g/mol. The number of nitrogens with zero attached hydrogens (tertiary/aromatic N) is 3. The molecule has 11 heteroatoms.